The maximum atomic E-state index is 12.7. The van der Waals surface area contributed by atoms with Gasteiger partial charge in [-0.2, -0.15) is 0 Å². The first-order chi connectivity index (χ1) is 14.1. The molecule has 1 fully saturated rings. The number of hydrogen-bond acceptors (Lipinski definition) is 5. The molecule has 2 aromatic carbocycles. The van der Waals surface area contributed by atoms with Gasteiger partial charge in [0.15, 0.2) is 11.5 Å². The molecule has 2 amide bonds. The molecule has 0 bridgehead atoms. The number of nitrogens with one attached hydrogen (secondary N) is 1. The molecule has 1 saturated heterocycles. The van der Waals surface area contributed by atoms with Crippen LogP contribution in [-0.4, -0.2) is 50.1 Å². The second-order valence-electron chi connectivity index (χ2n) is 7.15. The number of benzene rings is 2. The molecule has 0 aliphatic carbocycles. The Morgan fingerprint density at radius 3 is 2.79 bits per heavy atom. The number of amides is 2. The molecule has 2 heterocycles. The summed E-state index contributed by atoms with van der Waals surface area (Å²) in [6, 6.07) is 13.1. The van der Waals surface area contributed by atoms with Gasteiger partial charge in [0.2, 0.25) is 11.8 Å². The van der Waals surface area contributed by atoms with E-state index in [9.17, 15) is 9.59 Å². The third-order valence-electron chi connectivity index (χ3n) is 5.24. The van der Waals surface area contributed by atoms with Crippen LogP contribution in [0.1, 0.15) is 12.0 Å². The van der Waals surface area contributed by atoms with Gasteiger partial charge in [-0.15, -0.1) is 0 Å². The number of carbonyl (C=O) groups is 2. The van der Waals surface area contributed by atoms with Crippen LogP contribution in [0.4, 0.5) is 5.69 Å². The highest BCUT2D eigenvalue weighted by atomic mass is 16.6. The van der Waals surface area contributed by atoms with Gasteiger partial charge >= 0.3 is 0 Å². The fourth-order valence-electron chi connectivity index (χ4n) is 3.69. The number of fused-ring (bicyclic) bond motifs is 1. The molecule has 1 N–H and O–H groups in total. The molecule has 0 spiro atoms. The van der Waals surface area contributed by atoms with Gasteiger partial charge < -0.3 is 24.4 Å². The van der Waals surface area contributed by atoms with Crippen LogP contribution in [0.5, 0.6) is 17.2 Å². The maximum Gasteiger partial charge on any atom is 0.229 e. The number of ether oxygens (including phenoxy) is 3. The molecule has 2 aliphatic heterocycles. The number of carbonyl (C=O) groups excluding carboxylic acids is 2. The van der Waals surface area contributed by atoms with Crippen molar-refractivity contribution < 1.29 is 23.8 Å². The van der Waals surface area contributed by atoms with E-state index in [0.29, 0.717) is 49.9 Å². The minimum atomic E-state index is -0.367. The summed E-state index contributed by atoms with van der Waals surface area (Å²) < 4.78 is 16.4. The molecule has 0 aromatic heterocycles. The topological polar surface area (TPSA) is 77.1 Å². The van der Waals surface area contributed by atoms with E-state index in [4.69, 9.17) is 14.2 Å². The Kier molecular flexibility index (Phi) is 5.55. The van der Waals surface area contributed by atoms with Crippen molar-refractivity contribution in [2.75, 3.05) is 38.7 Å². The van der Waals surface area contributed by atoms with Crippen LogP contribution in [0.15, 0.2) is 42.5 Å². The lowest BCUT2D eigenvalue weighted by atomic mass is 10.1. The molecular weight excluding hydrogens is 372 g/mol. The number of anilines is 1. The van der Waals surface area contributed by atoms with Crippen molar-refractivity contribution in [1.82, 2.24) is 4.90 Å². The van der Waals surface area contributed by atoms with Gasteiger partial charge in [0.1, 0.15) is 19.0 Å². The SMILES string of the molecule is COc1ccccc1CCN1CC(C(=O)Nc2ccc3c(c2)OCCO3)CC1=O. The quantitative estimate of drug-likeness (QED) is 0.812. The van der Waals surface area contributed by atoms with Gasteiger partial charge in [-0.3, -0.25) is 9.59 Å². The molecule has 7 nitrogen and oxygen atoms in total. The van der Waals surface area contributed by atoms with Gasteiger partial charge in [0, 0.05) is 31.3 Å². The van der Waals surface area contributed by atoms with Crippen LogP contribution in [0.3, 0.4) is 0 Å². The van der Waals surface area contributed by atoms with E-state index in [-0.39, 0.29) is 24.2 Å². The van der Waals surface area contributed by atoms with Crippen molar-refractivity contribution in [2.45, 2.75) is 12.8 Å². The van der Waals surface area contributed by atoms with E-state index in [0.717, 1.165) is 11.3 Å². The van der Waals surface area contributed by atoms with Crippen LogP contribution in [0, 0.1) is 5.92 Å². The Bertz CT molecular complexity index is 914. The first-order valence-electron chi connectivity index (χ1n) is 9.74. The highest BCUT2D eigenvalue weighted by Gasteiger charge is 2.34. The molecular formula is C22H24N2O5. The Labute approximate surface area is 169 Å². The van der Waals surface area contributed by atoms with Crippen LogP contribution >= 0.6 is 0 Å². The Morgan fingerprint density at radius 2 is 1.97 bits per heavy atom. The molecule has 0 radical (unpaired) electrons. The molecule has 0 saturated carbocycles. The van der Waals surface area contributed by atoms with E-state index < -0.39 is 0 Å². The van der Waals surface area contributed by atoms with Crippen molar-refractivity contribution in [2.24, 2.45) is 5.92 Å². The molecule has 2 aliphatic rings. The Hall–Kier alpha value is -3.22. The highest BCUT2D eigenvalue weighted by molar-refractivity contribution is 5.97. The fraction of sp³-hybridized carbons (Fsp3) is 0.364. The predicted molar refractivity (Wildman–Crippen MR) is 107 cm³/mol. The number of para-hydroxylation sites is 1. The molecule has 4 rings (SSSR count). The molecule has 1 unspecified atom stereocenters. The summed E-state index contributed by atoms with van der Waals surface area (Å²) in [5.74, 6) is 1.58. The average molecular weight is 396 g/mol. The normalized spacial score (nSPS) is 17.9. The summed E-state index contributed by atoms with van der Waals surface area (Å²) in [5, 5.41) is 2.89. The van der Waals surface area contributed by atoms with E-state index in [1.807, 2.05) is 24.3 Å². The number of methoxy groups -OCH3 is 1. The summed E-state index contributed by atoms with van der Waals surface area (Å²) in [7, 11) is 1.64. The van der Waals surface area contributed by atoms with Gasteiger partial charge in [-0.25, -0.2) is 0 Å². The van der Waals surface area contributed by atoms with Crippen molar-refractivity contribution in [3.63, 3.8) is 0 Å². The lowest BCUT2D eigenvalue weighted by Crippen LogP contribution is -2.30. The lowest BCUT2D eigenvalue weighted by Gasteiger charge is -2.19. The molecule has 7 heteroatoms. The Balaban J connectivity index is 1.34. The van der Waals surface area contributed by atoms with Crippen LogP contribution in [0.2, 0.25) is 0 Å². The smallest absolute Gasteiger partial charge is 0.229 e. The first kappa shape index (κ1) is 19.1. The minimum absolute atomic E-state index is 0.00206. The average Bonchev–Trinajstić information content (AvgIpc) is 3.13. The van der Waals surface area contributed by atoms with Crippen molar-refractivity contribution in [3.8, 4) is 17.2 Å². The Morgan fingerprint density at radius 1 is 1.17 bits per heavy atom. The number of likely N-dealkylation sites (tertiary alicyclic amines) is 1. The predicted octanol–water partition coefficient (Wildman–Crippen LogP) is 2.50. The van der Waals surface area contributed by atoms with Crippen molar-refractivity contribution in [3.05, 3.63) is 48.0 Å². The molecule has 152 valence electrons. The second kappa shape index (κ2) is 8.43. The second-order valence-corrected chi connectivity index (χ2v) is 7.15. The number of hydrogen-bond donors (Lipinski definition) is 1. The van der Waals surface area contributed by atoms with E-state index in [1.54, 1.807) is 30.2 Å². The molecule has 1 atom stereocenters. The summed E-state index contributed by atoms with van der Waals surface area (Å²) in [6.07, 6.45) is 0.911. The monoisotopic (exact) mass is 396 g/mol. The highest BCUT2D eigenvalue weighted by Crippen LogP contribution is 2.33. The lowest BCUT2D eigenvalue weighted by molar-refractivity contribution is -0.128. The summed E-state index contributed by atoms with van der Waals surface area (Å²) in [4.78, 5) is 26.8. The fourth-order valence-corrected chi connectivity index (χ4v) is 3.69. The molecule has 29 heavy (non-hydrogen) atoms. The summed E-state index contributed by atoms with van der Waals surface area (Å²) in [5.41, 5.74) is 1.69. The standard InChI is InChI=1S/C22H24N2O5/c1-27-18-5-3-2-4-15(18)8-9-24-14-16(12-21(24)25)22(26)23-17-6-7-19-20(13-17)29-11-10-28-19/h2-7,13,16H,8-12,14H2,1H3,(H,23,26). The zero-order valence-electron chi connectivity index (χ0n) is 16.3. The van der Waals surface area contributed by atoms with E-state index >= 15 is 0 Å². The first-order valence-corrected chi connectivity index (χ1v) is 9.74. The third kappa shape index (κ3) is 4.29. The van der Waals surface area contributed by atoms with Gasteiger partial charge in [-0.05, 0) is 30.2 Å². The van der Waals surface area contributed by atoms with Gasteiger partial charge in [0.25, 0.3) is 0 Å². The van der Waals surface area contributed by atoms with E-state index in [1.165, 1.54) is 0 Å². The number of nitrogens with zero attached hydrogens (tertiary/aromatic N) is 1. The largest absolute Gasteiger partial charge is 0.496 e. The van der Waals surface area contributed by atoms with E-state index in [2.05, 4.69) is 5.32 Å². The zero-order chi connectivity index (χ0) is 20.2. The van der Waals surface area contributed by atoms with Gasteiger partial charge in [0.05, 0.1) is 13.0 Å². The zero-order valence-corrected chi connectivity index (χ0v) is 16.3. The summed E-state index contributed by atoms with van der Waals surface area (Å²) in [6.45, 7) is 1.99. The van der Waals surface area contributed by atoms with Crippen LogP contribution in [-0.2, 0) is 16.0 Å². The van der Waals surface area contributed by atoms with Crippen LogP contribution < -0.4 is 19.5 Å². The maximum absolute atomic E-state index is 12.7. The van der Waals surface area contributed by atoms with Crippen molar-refractivity contribution in [1.29, 1.82) is 0 Å². The number of rotatable bonds is 6. The molecule has 2 aromatic rings. The van der Waals surface area contributed by atoms with Crippen LogP contribution in [0.25, 0.3) is 0 Å². The third-order valence-corrected chi connectivity index (χ3v) is 5.24. The summed E-state index contributed by atoms with van der Waals surface area (Å²) >= 11 is 0. The van der Waals surface area contributed by atoms with Crippen molar-refractivity contribution >= 4 is 17.5 Å². The minimum Gasteiger partial charge on any atom is -0.496 e. The van der Waals surface area contributed by atoms with Gasteiger partial charge in [-0.1, -0.05) is 18.2 Å².